The number of nitrogens with zero attached hydrogens (tertiary/aromatic N) is 1. The Morgan fingerprint density at radius 2 is 2.17 bits per heavy atom. The molecule has 0 saturated heterocycles. The molecule has 0 aliphatic carbocycles. The van der Waals surface area contributed by atoms with Gasteiger partial charge in [-0.2, -0.15) is 0 Å². The largest absolute Gasteiger partial charge is 0.506 e. The Morgan fingerprint density at radius 3 is 2.83 bits per heavy atom. The Balaban J connectivity index is 1.96. The summed E-state index contributed by atoms with van der Waals surface area (Å²) < 4.78 is 13.1. The number of aromatic hydroxyl groups is 1. The maximum atomic E-state index is 13.1. The third-order valence-corrected chi connectivity index (χ3v) is 2.75. The molecule has 1 aromatic heterocycles. The Kier molecular flexibility index (Phi) is 3.89. The summed E-state index contributed by atoms with van der Waals surface area (Å²) in [5.74, 6) is -0.0826. The first-order chi connectivity index (χ1) is 8.65. The lowest BCUT2D eigenvalue weighted by molar-refractivity contribution is 0.471. The molecule has 1 heterocycles. The fourth-order valence-electron chi connectivity index (χ4n) is 1.67. The van der Waals surface area contributed by atoms with Crippen molar-refractivity contribution in [2.75, 3.05) is 0 Å². The minimum absolute atomic E-state index is 0.0382. The number of hydrogen-bond acceptors (Lipinski definition) is 3. The van der Waals surface area contributed by atoms with E-state index in [9.17, 15) is 4.39 Å². The van der Waals surface area contributed by atoms with Crippen LogP contribution in [0, 0.1) is 5.82 Å². The van der Waals surface area contributed by atoms with Crippen LogP contribution in [0.1, 0.15) is 24.2 Å². The molecule has 0 aliphatic heterocycles. The number of halogens is 1. The van der Waals surface area contributed by atoms with Crippen LogP contribution in [0.2, 0.25) is 0 Å². The van der Waals surface area contributed by atoms with Gasteiger partial charge in [0.1, 0.15) is 11.6 Å². The average Bonchev–Trinajstić information content (AvgIpc) is 2.38. The van der Waals surface area contributed by atoms with E-state index >= 15 is 0 Å². The van der Waals surface area contributed by atoms with Crippen LogP contribution in [0.15, 0.2) is 42.6 Å². The fourth-order valence-corrected chi connectivity index (χ4v) is 1.67. The summed E-state index contributed by atoms with van der Waals surface area (Å²) in [6.45, 7) is 2.53. The lowest BCUT2D eigenvalue weighted by atomic mass is 10.1. The van der Waals surface area contributed by atoms with Crippen molar-refractivity contribution in [3.05, 3.63) is 59.7 Å². The number of nitrogens with one attached hydrogen (secondary N) is 1. The monoisotopic (exact) mass is 246 g/mol. The topological polar surface area (TPSA) is 45.1 Å². The number of rotatable bonds is 4. The van der Waals surface area contributed by atoms with E-state index < -0.39 is 0 Å². The van der Waals surface area contributed by atoms with Crippen molar-refractivity contribution >= 4 is 0 Å². The molecule has 0 aliphatic rings. The van der Waals surface area contributed by atoms with Gasteiger partial charge in [0.15, 0.2) is 0 Å². The predicted octanol–water partition coefficient (Wildman–Crippen LogP) is 2.78. The third-order valence-electron chi connectivity index (χ3n) is 2.75. The van der Waals surface area contributed by atoms with Crippen molar-refractivity contribution in [1.29, 1.82) is 0 Å². The van der Waals surface area contributed by atoms with E-state index in [0.29, 0.717) is 6.54 Å². The van der Waals surface area contributed by atoms with Crippen LogP contribution in [0.3, 0.4) is 0 Å². The van der Waals surface area contributed by atoms with Gasteiger partial charge in [-0.15, -0.1) is 0 Å². The highest BCUT2D eigenvalue weighted by atomic mass is 19.1. The quantitative estimate of drug-likeness (QED) is 0.872. The summed E-state index contributed by atoms with van der Waals surface area (Å²) in [4.78, 5) is 4.07. The van der Waals surface area contributed by atoms with Crippen molar-refractivity contribution in [2.24, 2.45) is 0 Å². The van der Waals surface area contributed by atoms with Crippen molar-refractivity contribution in [1.82, 2.24) is 10.3 Å². The van der Waals surface area contributed by atoms with Crippen LogP contribution in [-0.4, -0.2) is 10.1 Å². The zero-order chi connectivity index (χ0) is 13.0. The molecule has 2 rings (SSSR count). The lowest BCUT2D eigenvalue weighted by Gasteiger charge is -2.14. The van der Waals surface area contributed by atoms with E-state index in [4.69, 9.17) is 5.11 Å². The number of pyridine rings is 1. The highest BCUT2D eigenvalue weighted by Crippen LogP contribution is 2.14. The van der Waals surface area contributed by atoms with Gasteiger partial charge in [-0.1, -0.05) is 12.1 Å². The zero-order valence-corrected chi connectivity index (χ0v) is 10.1. The fraction of sp³-hybridized carbons (Fsp3) is 0.214. The van der Waals surface area contributed by atoms with Crippen LogP contribution in [0.4, 0.5) is 4.39 Å². The molecule has 2 N–H and O–H groups in total. The summed E-state index contributed by atoms with van der Waals surface area (Å²) >= 11 is 0. The van der Waals surface area contributed by atoms with Gasteiger partial charge in [-0.3, -0.25) is 4.98 Å². The summed E-state index contributed by atoms with van der Waals surface area (Å²) in [5, 5.41) is 12.4. The van der Waals surface area contributed by atoms with Crippen LogP contribution in [0.25, 0.3) is 0 Å². The van der Waals surface area contributed by atoms with E-state index in [1.54, 1.807) is 18.2 Å². The Hall–Kier alpha value is -1.94. The molecular formula is C14H15FN2O. The molecule has 0 amide bonds. The average molecular weight is 246 g/mol. The van der Waals surface area contributed by atoms with Gasteiger partial charge in [-0.05, 0) is 36.8 Å². The van der Waals surface area contributed by atoms with E-state index in [1.807, 2.05) is 13.0 Å². The van der Waals surface area contributed by atoms with Crippen LogP contribution in [0.5, 0.6) is 5.75 Å². The first-order valence-corrected chi connectivity index (χ1v) is 5.78. The summed E-state index contributed by atoms with van der Waals surface area (Å²) in [6, 6.07) is 9.90. The molecule has 0 fully saturated rings. The van der Waals surface area contributed by atoms with Crippen molar-refractivity contribution in [3.8, 4) is 5.75 Å². The standard InChI is InChI=1S/C14H15FN2O/c1-10(11-3-2-4-12(15)7-11)16-8-13-5-6-14(18)9-17-13/h2-7,9-10,16,18H,8H2,1H3. The van der Waals surface area contributed by atoms with E-state index in [2.05, 4.69) is 10.3 Å². The minimum atomic E-state index is -0.232. The third kappa shape index (κ3) is 3.28. The number of benzene rings is 1. The van der Waals surface area contributed by atoms with Crippen LogP contribution >= 0.6 is 0 Å². The highest BCUT2D eigenvalue weighted by molar-refractivity contribution is 5.20. The SMILES string of the molecule is CC(NCc1ccc(O)cn1)c1cccc(F)c1. The second kappa shape index (κ2) is 5.60. The molecule has 94 valence electrons. The van der Waals surface area contributed by atoms with E-state index in [-0.39, 0.29) is 17.6 Å². The molecular weight excluding hydrogens is 231 g/mol. The zero-order valence-electron chi connectivity index (χ0n) is 10.1. The number of aromatic nitrogens is 1. The van der Waals surface area contributed by atoms with Gasteiger partial charge in [0.2, 0.25) is 0 Å². The molecule has 4 heteroatoms. The molecule has 0 bridgehead atoms. The van der Waals surface area contributed by atoms with E-state index in [0.717, 1.165) is 11.3 Å². The van der Waals surface area contributed by atoms with Crippen molar-refractivity contribution in [2.45, 2.75) is 19.5 Å². The maximum Gasteiger partial charge on any atom is 0.133 e. The first-order valence-electron chi connectivity index (χ1n) is 5.78. The van der Waals surface area contributed by atoms with Gasteiger partial charge in [0.05, 0.1) is 11.9 Å². The molecule has 1 unspecified atom stereocenters. The van der Waals surface area contributed by atoms with Crippen molar-refractivity contribution < 1.29 is 9.50 Å². The van der Waals surface area contributed by atoms with E-state index in [1.165, 1.54) is 18.3 Å². The van der Waals surface area contributed by atoms with Crippen LogP contribution in [-0.2, 0) is 6.54 Å². The molecule has 0 saturated carbocycles. The summed E-state index contributed by atoms with van der Waals surface area (Å²) in [6.07, 6.45) is 1.41. The smallest absolute Gasteiger partial charge is 0.133 e. The lowest BCUT2D eigenvalue weighted by Crippen LogP contribution is -2.18. The Bertz CT molecular complexity index is 513. The molecule has 3 nitrogen and oxygen atoms in total. The minimum Gasteiger partial charge on any atom is -0.506 e. The maximum absolute atomic E-state index is 13.1. The summed E-state index contributed by atoms with van der Waals surface area (Å²) in [5.41, 5.74) is 1.73. The second-order valence-electron chi connectivity index (χ2n) is 4.17. The number of hydrogen-bond donors (Lipinski definition) is 2. The van der Waals surface area contributed by atoms with Gasteiger partial charge in [-0.25, -0.2) is 4.39 Å². The first kappa shape index (κ1) is 12.5. The second-order valence-corrected chi connectivity index (χ2v) is 4.17. The van der Waals surface area contributed by atoms with Gasteiger partial charge in [0, 0.05) is 12.6 Å². The van der Waals surface area contributed by atoms with Gasteiger partial charge >= 0.3 is 0 Å². The highest BCUT2D eigenvalue weighted by Gasteiger charge is 2.06. The normalized spacial score (nSPS) is 12.3. The van der Waals surface area contributed by atoms with Crippen molar-refractivity contribution in [3.63, 3.8) is 0 Å². The Labute approximate surface area is 105 Å². The summed E-state index contributed by atoms with van der Waals surface area (Å²) in [7, 11) is 0. The molecule has 1 aromatic carbocycles. The van der Waals surface area contributed by atoms with Gasteiger partial charge < -0.3 is 10.4 Å². The molecule has 2 aromatic rings. The predicted molar refractivity (Wildman–Crippen MR) is 67.6 cm³/mol. The molecule has 0 radical (unpaired) electrons. The van der Waals surface area contributed by atoms with Gasteiger partial charge in [0.25, 0.3) is 0 Å². The molecule has 1 atom stereocenters. The molecule has 18 heavy (non-hydrogen) atoms. The molecule has 0 spiro atoms. The Morgan fingerprint density at radius 1 is 1.33 bits per heavy atom. The van der Waals surface area contributed by atoms with Crippen LogP contribution < -0.4 is 5.32 Å².